The highest BCUT2D eigenvalue weighted by Gasteiger charge is 2.44. The average molecular weight is 312 g/mol. The molecule has 0 bridgehead atoms. The molecule has 0 saturated carbocycles. The third-order valence-electron chi connectivity index (χ3n) is 3.92. The molecule has 0 radical (unpaired) electrons. The lowest BCUT2D eigenvalue weighted by Crippen LogP contribution is -2.36. The van der Waals surface area contributed by atoms with Gasteiger partial charge in [0.15, 0.2) is 5.65 Å². The Bertz CT molecular complexity index is 836. The average Bonchev–Trinajstić information content (AvgIpc) is 3.06. The molecule has 2 aromatic rings. The number of fused-ring (bicyclic) bond motifs is 1. The van der Waals surface area contributed by atoms with Gasteiger partial charge in [-0.25, -0.2) is 9.78 Å². The van der Waals surface area contributed by atoms with Gasteiger partial charge in [0, 0.05) is 14.1 Å². The first-order chi connectivity index (χ1) is 10.4. The zero-order chi connectivity index (χ0) is 16.2. The highest BCUT2D eigenvalue weighted by molar-refractivity contribution is 5.69. The highest BCUT2D eigenvalue weighted by Crippen LogP contribution is 2.32. The molecule has 0 aliphatic carbocycles. The second-order valence-corrected chi connectivity index (χ2v) is 5.29. The van der Waals surface area contributed by atoms with Crippen molar-refractivity contribution in [2.75, 3.05) is 6.61 Å². The fourth-order valence-electron chi connectivity index (χ4n) is 2.60. The van der Waals surface area contributed by atoms with Gasteiger partial charge in [-0.1, -0.05) is 0 Å². The topological polar surface area (TPSA) is 143 Å². The van der Waals surface area contributed by atoms with Crippen molar-refractivity contribution in [3.05, 3.63) is 26.7 Å². The van der Waals surface area contributed by atoms with Crippen molar-refractivity contribution >= 4 is 11.2 Å². The minimum Gasteiger partial charge on any atom is -0.394 e. The van der Waals surface area contributed by atoms with Gasteiger partial charge in [-0.15, -0.1) is 0 Å². The first-order valence-electron chi connectivity index (χ1n) is 6.65. The molecule has 1 unspecified atom stereocenters. The van der Waals surface area contributed by atoms with Crippen molar-refractivity contribution in [2.24, 2.45) is 14.1 Å². The quantitative estimate of drug-likeness (QED) is 0.466. The summed E-state index contributed by atoms with van der Waals surface area (Å²) in [5, 5.41) is 28.8. The molecular formula is C12H16N4O6. The fraction of sp³-hybridized carbons (Fsp3) is 0.583. The maximum Gasteiger partial charge on any atom is 0.332 e. The summed E-state index contributed by atoms with van der Waals surface area (Å²) in [6.45, 7) is -0.463. The van der Waals surface area contributed by atoms with E-state index in [2.05, 4.69) is 9.97 Å². The zero-order valence-electron chi connectivity index (χ0n) is 11.9. The molecule has 0 aromatic carbocycles. The Kier molecular flexibility index (Phi) is 3.40. The highest BCUT2D eigenvalue weighted by atomic mass is 16.6. The summed E-state index contributed by atoms with van der Waals surface area (Å²) < 4.78 is 7.48. The Balaban J connectivity index is 2.15. The molecule has 3 heterocycles. The van der Waals surface area contributed by atoms with Crippen LogP contribution in [0.4, 0.5) is 0 Å². The number of imidazole rings is 1. The van der Waals surface area contributed by atoms with Crippen molar-refractivity contribution in [1.82, 2.24) is 19.1 Å². The van der Waals surface area contributed by atoms with Crippen LogP contribution in [0.25, 0.3) is 11.2 Å². The number of aromatic nitrogens is 4. The molecule has 1 aliphatic rings. The number of H-pyrrole nitrogens is 1. The van der Waals surface area contributed by atoms with Crippen LogP contribution < -0.4 is 11.2 Å². The summed E-state index contributed by atoms with van der Waals surface area (Å²) in [7, 11) is 2.81. The lowest BCUT2D eigenvalue weighted by atomic mass is 10.1. The van der Waals surface area contributed by atoms with E-state index in [1.165, 1.54) is 18.7 Å². The summed E-state index contributed by atoms with van der Waals surface area (Å²) >= 11 is 0. The molecule has 1 saturated heterocycles. The van der Waals surface area contributed by atoms with Gasteiger partial charge in [0.2, 0.25) is 0 Å². The van der Waals surface area contributed by atoms with E-state index in [1.54, 1.807) is 0 Å². The number of ether oxygens (including phenoxy) is 1. The molecule has 3 rings (SSSR count). The second kappa shape index (κ2) is 5.02. The van der Waals surface area contributed by atoms with Crippen LogP contribution in [0.1, 0.15) is 11.9 Å². The van der Waals surface area contributed by atoms with Crippen molar-refractivity contribution in [1.29, 1.82) is 0 Å². The van der Waals surface area contributed by atoms with Gasteiger partial charge in [0.05, 0.1) is 6.61 Å². The number of nitrogens with one attached hydrogen (secondary N) is 1. The normalized spacial score (nSPS) is 28.6. The van der Waals surface area contributed by atoms with E-state index >= 15 is 0 Å². The summed E-state index contributed by atoms with van der Waals surface area (Å²) in [5.41, 5.74) is -0.863. The molecule has 4 N–H and O–H groups in total. The van der Waals surface area contributed by atoms with E-state index < -0.39 is 42.3 Å². The first-order valence-corrected chi connectivity index (χ1v) is 6.65. The Morgan fingerprint density at radius 1 is 1.23 bits per heavy atom. The van der Waals surface area contributed by atoms with Crippen LogP contribution in [0, 0.1) is 0 Å². The lowest BCUT2D eigenvalue weighted by molar-refractivity contribution is -0.0249. The van der Waals surface area contributed by atoms with Gasteiger partial charge < -0.3 is 25.0 Å². The monoisotopic (exact) mass is 312 g/mol. The third-order valence-corrected chi connectivity index (χ3v) is 3.92. The number of aliphatic hydroxyl groups is 3. The summed E-state index contributed by atoms with van der Waals surface area (Å²) in [6, 6.07) is 0. The lowest BCUT2D eigenvalue weighted by Gasteiger charge is -2.11. The number of nitrogens with zero attached hydrogens (tertiary/aromatic N) is 3. The molecule has 2 aromatic heterocycles. The van der Waals surface area contributed by atoms with Gasteiger partial charge in [0.1, 0.15) is 35.8 Å². The van der Waals surface area contributed by atoms with E-state index in [9.17, 15) is 19.8 Å². The fourth-order valence-corrected chi connectivity index (χ4v) is 2.60. The molecule has 10 heteroatoms. The molecule has 22 heavy (non-hydrogen) atoms. The Morgan fingerprint density at radius 3 is 2.50 bits per heavy atom. The second-order valence-electron chi connectivity index (χ2n) is 5.29. The maximum absolute atomic E-state index is 12.1. The standard InChI is InChI=1S/C12H16N4O6/c1-15-10-5(11(20)16(2)12(15)21)13-9(14-10)8-7(19)6(18)4(3-17)22-8/h4,6-8,17-19H,3H2,1-2H3,(H,13,14)/t4-,6+,7+,8?/m1/s1. The van der Waals surface area contributed by atoms with E-state index in [0.29, 0.717) is 0 Å². The van der Waals surface area contributed by atoms with Crippen LogP contribution in [-0.2, 0) is 18.8 Å². The van der Waals surface area contributed by atoms with Crippen LogP contribution in [0.2, 0.25) is 0 Å². The number of aromatic amines is 1. The summed E-state index contributed by atoms with van der Waals surface area (Å²) in [4.78, 5) is 30.8. The van der Waals surface area contributed by atoms with Crippen molar-refractivity contribution < 1.29 is 20.1 Å². The minimum absolute atomic E-state index is 0.0948. The molecule has 10 nitrogen and oxygen atoms in total. The largest absolute Gasteiger partial charge is 0.394 e. The number of aliphatic hydroxyl groups excluding tert-OH is 3. The van der Waals surface area contributed by atoms with Gasteiger partial charge in [-0.3, -0.25) is 13.9 Å². The van der Waals surface area contributed by atoms with E-state index in [-0.39, 0.29) is 17.0 Å². The summed E-state index contributed by atoms with van der Waals surface area (Å²) in [6.07, 6.45) is -4.55. The number of hydrogen-bond donors (Lipinski definition) is 4. The predicted molar refractivity (Wildman–Crippen MR) is 73.3 cm³/mol. The van der Waals surface area contributed by atoms with Gasteiger partial charge in [-0.05, 0) is 0 Å². The molecule has 0 amide bonds. The predicted octanol–water partition coefficient (Wildman–Crippen LogP) is -2.89. The van der Waals surface area contributed by atoms with Crippen LogP contribution in [0.5, 0.6) is 0 Å². The Labute approximate surface area is 123 Å². The van der Waals surface area contributed by atoms with Gasteiger partial charge >= 0.3 is 5.69 Å². The van der Waals surface area contributed by atoms with Crippen LogP contribution in [-0.4, -0.2) is 59.3 Å². The van der Waals surface area contributed by atoms with E-state index in [0.717, 1.165) is 4.57 Å². The van der Waals surface area contributed by atoms with Crippen molar-refractivity contribution in [3.8, 4) is 0 Å². The molecule has 1 fully saturated rings. The van der Waals surface area contributed by atoms with Crippen LogP contribution in [0.3, 0.4) is 0 Å². The van der Waals surface area contributed by atoms with Gasteiger partial charge in [0.25, 0.3) is 5.56 Å². The van der Waals surface area contributed by atoms with E-state index in [1.807, 2.05) is 0 Å². The Morgan fingerprint density at radius 2 is 1.91 bits per heavy atom. The van der Waals surface area contributed by atoms with Crippen molar-refractivity contribution in [2.45, 2.75) is 24.4 Å². The maximum atomic E-state index is 12.1. The number of rotatable bonds is 2. The molecular weight excluding hydrogens is 296 g/mol. The minimum atomic E-state index is -1.31. The molecule has 4 atom stereocenters. The molecule has 1 aliphatic heterocycles. The Hall–Kier alpha value is -2.01. The third kappa shape index (κ3) is 1.92. The molecule has 0 spiro atoms. The SMILES string of the molecule is Cn1c(=O)c2[nH]c(C3O[C@H](CO)[C@H](O)[C@@H]3O)nc2n(C)c1=O. The number of aryl methyl sites for hydroxylation is 1. The first kappa shape index (κ1) is 14.9. The van der Waals surface area contributed by atoms with Crippen LogP contribution in [0.15, 0.2) is 9.59 Å². The molecule has 120 valence electrons. The van der Waals surface area contributed by atoms with E-state index in [4.69, 9.17) is 9.84 Å². The van der Waals surface area contributed by atoms with Crippen LogP contribution >= 0.6 is 0 Å². The van der Waals surface area contributed by atoms with Crippen molar-refractivity contribution in [3.63, 3.8) is 0 Å². The zero-order valence-corrected chi connectivity index (χ0v) is 11.9. The summed E-state index contributed by atoms with van der Waals surface area (Å²) in [5.74, 6) is 0.107. The van der Waals surface area contributed by atoms with Gasteiger partial charge in [-0.2, -0.15) is 0 Å². The smallest absolute Gasteiger partial charge is 0.332 e. The number of hydrogen-bond acceptors (Lipinski definition) is 7.